The second-order valence-electron chi connectivity index (χ2n) is 9.12. The Hall–Kier alpha value is -1.32. The van der Waals surface area contributed by atoms with Gasteiger partial charge in [0.25, 0.3) is 6.47 Å². The average Bonchev–Trinajstić information content (AvgIpc) is 2.97. The highest BCUT2D eigenvalue weighted by molar-refractivity contribution is 5.73. The minimum atomic E-state index is -0.641. The van der Waals surface area contributed by atoms with Crippen molar-refractivity contribution in [3.05, 3.63) is 11.6 Å². The molecule has 0 radical (unpaired) electrons. The smallest absolute Gasteiger partial charge is 0.307 e. The molecule has 0 aliphatic heterocycles. The van der Waals surface area contributed by atoms with Crippen LogP contribution in [0.5, 0.6) is 0 Å². The normalized spacial score (nSPS) is 45.6. The highest BCUT2D eigenvalue weighted by Gasteiger charge is 2.59. The van der Waals surface area contributed by atoms with Gasteiger partial charge in [0.05, 0.1) is 12.5 Å². The fourth-order valence-corrected chi connectivity index (χ4v) is 7.25. The lowest BCUT2D eigenvalue weighted by molar-refractivity contribution is -0.151. The summed E-state index contributed by atoms with van der Waals surface area (Å²) in [6, 6.07) is 0. The molecular weight excluding hydrogens is 316 g/mol. The molecule has 0 amide bonds. The molecule has 0 spiro atoms. The molecule has 6 atom stereocenters. The molecular formula is C21H30O4. The third kappa shape index (κ3) is 2.39. The van der Waals surface area contributed by atoms with E-state index in [4.69, 9.17) is 4.74 Å². The van der Waals surface area contributed by atoms with Crippen molar-refractivity contribution in [2.24, 2.45) is 34.5 Å². The molecule has 0 saturated heterocycles. The number of aliphatic carboxylic acids is 1. The Balaban J connectivity index is 1.67. The van der Waals surface area contributed by atoms with Crippen LogP contribution in [0.15, 0.2) is 11.6 Å². The van der Waals surface area contributed by atoms with Crippen LogP contribution in [0, 0.1) is 34.5 Å². The van der Waals surface area contributed by atoms with Gasteiger partial charge in [-0.3, -0.25) is 9.59 Å². The second-order valence-corrected chi connectivity index (χ2v) is 9.12. The molecule has 0 aromatic rings. The number of hydrogen-bond acceptors (Lipinski definition) is 3. The zero-order valence-electron chi connectivity index (χ0n) is 15.2. The summed E-state index contributed by atoms with van der Waals surface area (Å²) in [5.41, 5.74) is 1.39. The Morgan fingerprint density at radius 3 is 2.88 bits per heavy atom. The maximum absolute atomic E-state index is 11.8. The SMILES string of the molecule is C[C@]12CC[C@H]3[C@@H](CC[C@H]4CCCC[C@@]43COC=O)C1=CC[C@@H]2C(=O)O. The van der Waals surface area contributed by atoms with E-state index in [-0.39, 0.29) is 16.7 Å². The summed E-state index contributed by atoms with van der Waals surface area (Å²) in [6.07, 6.45) is 12.3. The maximum atomic E-state index is 11.8. The summed E-state index contributed by atoms with van der Waals surface area (Å²) in [7, 11) is 0. The molecule has 0 unspecified atom stereocenters. The van der Waals surface area contributed by atoms with Gasteiger partial charge < -0.3 is 9.84 Å². The van der Waals surface area contributed by atoms with Crippen molar-refractivity contribution in [3.63, 3.8) is 0 Å². The number of ether oxygens (including phenoxy) is 1. The number of carbonyl (C=O) groups excluding carboxylic acids is 1. The van der Waals surface area contributed by atoms with Crippen molar-refractivity contribution in [2.75, 3.05) is 6.61 Å². The summed E-state index contributed by atoms with van der Waals surface area (Å²) in [5, 5.41) is 9.68. The minimum Gasteiger partial charge on any atom is -0.481 e. The summed E-state index contributed by atoms with van der Waals surface area (Å²) in [5.74, 6) is 0.822. The standard InChI is InChI=1S/C21H30O4/c1-20-11-9-17-15(16(20)7-8-18(20)19(23)24)6-5-14-4-2-3-10-21(14,17)12-25-13-22/h7,13-15,17-18H,2-6,8-12H2,1H3,(H,23,24)/t14-,15+,17+,18-,20+,21-/m1/s1. The number of rotatable bonds is 4. The molecule has 0 aromatic heterocycles. The zero-order valence-corrected chi connectivity index (χ0v) is 15.2. The average molecular weight is 346 g/mol. The molecule has 4 nitrogen and oxygen atoms in total. The van der Waals surface area contributed by atoms with Crippen molar-refractivity contribution >= 4 is 12.4 Å². The van der Waals surface area contributed by atoms with E-state index >= 15 is 0 Å². The largest absolute Gasteiger partial charge is 0.481 e. The van der Waals surface area contributed by atoms with E-state index in [1.54, 1.807) is 0 Å². The van der Waals surface area contributed by atoms with Gasteiger partial charge in [-0.2, -0.15) is 0 Å². The van der Waals surface area contributed by atoms with Gasteiger partial charge in [-0.15, -0.1) is 0 Å². The number of carbonyl (C=O) groups is 2. The molecule has 1 N–H and O–H groups in total. The van der Waals surface area contributed by atoms with Gasteiger partial charge in [0.15, 0.2) is 0 Å². The first kappa shape index (κ1) is 17.1. The van der Waals surface area contributed by atoms with Gasteiger partial charge in [0, 0.05) is 10.8 Å². The molecule has 4 rings (SSSR count). The van der Waals surface area contributed by atoms with E-state index in [9.17, 15) is 14.7 Å². The number of hydrogen-bond donors (Lipinski definition) is 1. The van der Waals surface area contributed by atoms with Crippen LogP contribution in [0.25, 0.3) is 0 Å². The van der Waals surface area contributed by atoms with Gasteiger partial charge in [-0.25, -0.2) is 0 Å². The van der Waals surface area contributed by atoms with Crippen molar-refractivity contribution in [3.8, 4) is 0 Å². The number of carboxylic acid groups (broad SMARTS) is 1. The van der Waals surface area contributed by atoms with Crippen molar-refractivity contribution in [1.82, 2.24) is 0 Å². The Morgan fingerprint density at radius 2 is 2.12 bits per heavy atom. The third-order valence-corrected chi connectivity index (χ3v) is 8.40. The second kappa shape index (κ2) is 6.14. The lowest BCUT2D eigenvalue weighted by Crippen LogP contribution is -2.54. The monoisotopic (exact) mass is 346 g/mol. The fraction of sp³-hybridized carbons (Fsp3) is 0.810. The van der Waals surface area contributed by atoms with Crippen LogP contribution in [0.4, 0.5) is 0 Å². The molecule has 3 saturated carbocycles. The molecule has 0 bridgehead atoms. The van der Waals surface area contributed by atoms with E-state index < -0.39 is 5.97 Å². The predicted molar refractivity (Wildman–Crippen MR) is 93.8 cm³/mol. The third-order valence-electron chi connectivity index (χ3n) is 8.40. The van der Waals surface area contributed by atoms with Gasteiger partial charge >= 0.3 is 5.97 Å². The molecule has 4 aliphatic rings. The Kier molecular flexibility index (Phi) is 4.20. The van der Waals surface area contributed by atoms with Gasteiger partial charge in [0.2, 0.25) is 0 Å². The van der Waals surface area contributed by atoms with Crippen molar-refractivity contribution < 1.29 is 19.4 Å². The number of carboxylic acids is 1. The zero-order chi connectivity index (χ0) is 17.7. The molecule has 0 aromatic carbocycles. The van der Waals surface area contributed by atoms with Crippen LogP contribution in [0.2, 0.25) is 0 Å². The lowest BCUT2D eigenvalue weighted by Gasteiger charge is -2.59. The topological polar surface area (TPSA) is 63.6 Å². The van der Waals surface area contributed by atoms with Gasteiger partial charge in [-0.1, -0.05) is 31.4 Å². The van der Waals surface area contributed by atoms with Gasteiger partial charge in [0.1, 0.15) is 0 Å². The molecule has 3 fully saturated rings. The first-order valence-corrected chi connectivity index (χ1v) is 10.0. The van der Waals surface area contributed by atoms with E-state index in [1.807, 2.05) is 0 Å². The highest BCUT2D eigenvalue weighted by Crippen LogP contribution is 2.66. The van der Waals surface area contributed by atoms with E-state index in [2.05, 4.69) is 13.0 Å². The van der Waals surface area contributed by atoms with E-state index in [1.165, 1.54) is 44.1 Å². The molecule has 4 heteroatoms. The summed E-state index contributed by atoms with van der Waals surface area (Å²) >= 11 is 0. The maximum Gasteiger partial charge on any atom is 0.307 e. The summed E-state index contributed by atoms with van der Waals surface area (Å²) < 4.78 is 5.38. The van der Waals surface area contributed by atoms with Crippen LogP contribution in [0.1, 0.15) is 64.7 Å². The number of fused-ring (bicyclic) bond motifs is 5. The molecule has 0 heterocycles. The molecule has 138 valence electrons. The lowest BCUT2D eigenvalue weighted by atomic mass is 9.45. The molecule has 4 aliphatic carbocycles. The fourth-order valence-electron chi connectivity index (χ4n) is 7.25. The van der Waals surface area contributed by atoms with Crippen molar-refractivity contribution in [2.45, 2.75) is 64.7 Å². The van der Waals surface area contributed by atoms with Crippen molar-refractivity contribution in [1.29, 1.82) is 0 Å². The van der Waals surface area contributed by atoms with Crippen LogP contribution in [-0.2, 0) is 14.3 Å². The Morgan fingerprint density at radius 1 is 1.28 bits per heavy atom. The predicted octanol–water partition coefficient (Wildman–Crippen LogP) is 4.19. The first-order valence-electron chi connectivity index (χ1n) is 10.0. The highest BCUT2D eigenvalue weighted by atomic mass is 16.5. The summed E-state index contributed by atoms with van der Waals surface area (Å²) in [6.45, 7) is 3.36. The van der Waals surface area contributed by atoms with E-state index in [0.29, 0.717) is 37.3 Å². The summed E-state index contributed by atoms with van der Waals surface area (Å²) in [4.78, 5) is 22.7. The van der Waals surface area contributed by atoms with Crippen LogP contribution in [0.3, 0.4) is 0 Å². The van der Waals surface area contributed by atoms with Crippen LogP contribution in [-0.4, -0.2) is 24.2 Å². The number of allylic oxidation sites excluding steroid dienone is 2. The minimum absolute atomic E-state index is 0.131. The quantitative estimate of drug-likeness (QED) is 0.612. The van der Waals surface area contributed by atoms with Crippen LogP contribution < -0.4 is 0 Å². The first-order chi connectivity index (χ1) is 12.0. The Labute approximate surface area is 150 Å². The van der Waals surface area contributed by atoms with E-state index in [0.717, 1.165) is 12.8 Å². The van der Waals surface area contributed by atoms with Gasteiger partial charge in [-0.05, 0) is 62.7 Å². The molecule has 25 heavy (non-hydrogen) atoms. The van der Waals surface area contributed by atoms with Crippen LogP contribution >= 0.6 is 0 Å². The Bertz CT molecular complexity index is 597.